The minimum absolute atomic E-state index is 0.00375. The Morgan fingerprint density at radius 2 is 1.80 bits per heavy atom. The Kier molecular flexibility index (Phi) is 5.51. The van der Waals surface area contributed by atoms with Crippen molar-refractivity contribution >= 4 is 15.7 Å². The normalized spacial score (nSPS) is 18.0. The molecule has 1 aromatic carbocycles. The maximum Gasteiger partial charge on any atom is 0.223 e. The molecule has 25 heavy (non-hydrogen) atoms. The summed E-state index contributed by atoms with van der Waals surface area (Å²) < 4.78 is 36.0. The van der Waals surface area contributed by atoms with E-state index in [-0.39, 0.29) is 29.0 Å². The molecule has 6 nitrogen and oxygen atoms in total. The summed E-state index contributed by atoms with van der Waals surface area (Å²) in [5.41, 5.74) is 0. The van der Waals surface area contributed by atoms with Gasteiger partial charge in [0.1, 0.15) is 13.2 Å². The molecule has 1 fully saturated rings. The maximum atomic E-state index is 12.6. The number of carbonyl (C=O) groups excluding carboxylic acids is 1. The number of rotatable bonds is 5. The third kappa shape index (κ3) is 4.26. The van der Waals surface area contributed by atoms with Gasteiger partial charge in [-0.25, -0.2) is 8.42 Å². The molecule has 0 radical (unpaired) electrons. The maximum absolute atomic E-state index is 12.6. The zero-order valence-electron chi connectivity index (χ0n) is 14.6. The van der Waals surface area contributed by atoms with E-state index in [2.05, 4.69) is 0 Å². The summed E-state index contributed by atoms with van der Waals surface area (Å²) in [5.74, 6) is 0.701. The van der Waals surface area contributed by atoms with Crippen LogP contribution in [0.3, 0.4) is 0 Å². The van der Waals surface area contributed by atoms with Crippen LogP contribution in [-0.4, -0.2) is 51.3 Å². The van der Waals surface area contributed by atoms with Crippen molar-refractivity contribution in [2.75, 3.05) is 26.0 Å². The van der Waals surface area contributed by atoms with Crippen LogP contribution >= 0.6 is 0 Å². The van der Waals surface area contributed by atoms with Crippen LogP contribution in [0.1, 0.15) is 38.5 Å². The van der Waals surface area contributed by atoms with Gasteiger partial charge in [0.2, 0.25) is 5.91 Å². The Hall–Kier alpha value is -1.76. The van der Waals surface area contributed by atoms with E-state index in [1.165, 1.54) is 18.6 Å². The van der Waals surface area contributed by atoms with Crippen LogP contribution in [0.5, 0.6) is 11.5 Å². The predicted molar refractivity (Wildman–Crippen MR) is 93.7 cm³/mol. The summed E-state index contributed by atoms with van der Waals surface area (Å²) >= 11 is 0. The van der Waals surface area contributed by atoms with Gasteiger partial charge in [-0.2, -0.15) is 0 Å². The van der Waals surface area contributed by atoms with Gasteiger partial charge in [0, 0.05) is 25.6 Å². The fourth-order valence-corrected chi connectivity index (χ4v) is 4.65. The van der Waals surface area contributed by atoms with E-state index in [4.69, 9.17) is 9.47 Å². The fraction of sp³-hybridized carbons (Fsp3) is 0.611. The van der Waals surface area contributed by atoms with Crippen LogP contribution in [-0.2, 0) is 14.6 Å². The average molecular weight is 367 g/mol. The zero-order valence-corrected chi connectivity index (χ0v) is 15.4. The number of ether oxygens (including phenoxy) is 2. The second kappa shape index (κ2) is 7.64. The van der Waals surface area contributed by atoms with Gasteiger partial charge in [0.05, 0.1) is 10.6 Å². The number of hydrogen-bond donors (Lipinski definition) is 0. The zero-order chi connectivity index (χ0) is 17.9. The molecule has 7 heteroatoms. The molecule has 2 aliphatic rings. The number of nitrogens with zero attached hydrogens (tertiary/aromatic N) is 1. The van der Waals surface area contributed by atoms with E-state index in [1.807, 2.05) is 0 Å². The Bertz CT molecular complexity index is 725. The monoisotopic (exact) mass is 367 g/mol. The molecule has 0 aromatic heterocycles. The van der Waals surface area contributed by atoms with Gasteiger partial charge >= 0.3 is 0 Å². The lowest BCUT2D eigenvalue weighted by Crippen LogP contribution is -2.38. The molecule has 1 aliphatic carbocycles. The van der Waals surface area contributed by atoms with Gasteiger partial charge in [-0.15, -0.1) is 0 Å². The van der Waals surface area contributed by atoms with Gasteiger partial charge in [0.15, 0.2) is 21.3 Å². The molecule has 0 atom stereocenters. The number of hydrogen-bond acceptors (Lipinski definition) is 5. The van der Waals surface area contributed by atoms with E-state index >= 15 is 0 Å². The van der Waals surface area contributed by atoms with Gasteiger partial charge in [0.25, 0.3) is 0 Å². The van der Waals surface area contributed by atoms with Crippen LogP contribution in [0.25, 0.3) is 0 Å². The second-order valence-corrected chi connectivity index (χ2v) is 8.78. The summed E-state index contributed by atoms with van der Waals surface area (Å²) in [6.07, 6.45) is 5.52. The van der Waals surface area contributed by atoms with Crippen molar-refractivity contribution in [2.45, 2.75) is 49.5 Å². The van der Waals surface area contributed by atoms with Crippen LogP contribution in [0.4, 0.5) is 0 Å². The van der Waals surface area contributed by atoms with Gasteiger partial charge < -0.3 is 14.4 Å². The molecule has 1 amide bonds. The lowest BCUT2D eigenvalue weighted by Gasteiger charge is -2.31. The molecule has 138 valence electrons. The first-order valence-electron chi connectivity index (χ1n) is 8.85. The first-order chi connectivity index (χ1) is 12.0. The molecular weight excluding hydrogens is 342 g/mol. The van der Waals surface area contributed by atoms with Crippen molar-refractivity contribution in [1.82, 2.24) is 4.90 Å². The minimum Gasteiger partial charge on any atom is -0.486 e. The van der Waals surface area contributed by atoms with E-state index in [9.17, 15) is 13.2 Å². The fourth-order valence-electron chi connectivity index (χ4n) is 3.40. The largest absolute Gasteiger partial charge is 0.486 e. The molecule has 1 heterocycles. The Morgan fingerprint density at radius 1 is 1.12 bits per heavy atom. The molecule has 0 bridgehead atoms. The van der Waals surface area contributed by atoms with E-state index in [0.717, 1.165) is 25.7 Å². The quantitative estimate of drug-likeness (QED) is 0.799. The summed E-state index contributed by atoms with van der Waals surface area (Å²) in [4.78, 5) is 14.3. The standard InChI is InChI=1S/C18H25NO5S/c1-19(14-5-3-2-4-6-14)18(20)9-12-25(21,22)15-7-8-16-17(13-15)24-11-10-23-16/h7-8,13-14H,2-6,9-12H2,1H3. The molecule has 0 saturated heterocycles. The van der Waals surface area contributed by atoms with Crippen LogP contribution in [0.2, 0.25) is 0 Å². The third-order valence-electron chi connectivity index (χ3n) is 4.97. The van der Waals surface area contributed by atoms with E-state index in [0.29, 0.717) is 24.7 Å². The van der Waals surface area contributed by atoms with Crippen molar-refractivity contribution in [1.29, 1.82) is 0 Å². The Balaban J connectivity index is 1.62. The highest BCUT2D eigenvalue weighted by molar-refractivity contribution is 7.91. The number of sulfone groups is 1. The van der Waals surface area contributed by atoms with E-state index < -0.39 is 9.84 Å². The molecular formula is C18H25NO5S. The number of fused-ring (bicyclic) bond motifs is 1. The Labute approximate surface area is 149 Å². The summed E-state index contributed by atoms with van der Waals surface area (Å²) in [6.45, 7) is 0.863. The molecule has 0 unspecified atom stereocenters. The highest BCUT2D eigenvalue weighted by Gasteiger charge is 2.25. The molecule has 1 saturated carbocycles. The Morgan fingerprint density at radius 3 is 2.52 bits per heavy atom. The highest BCUT2D eigenvalue weighted by atomic mass is 32.2. The van der Waals surface area contributed by atoms with Gasteiger partial charge in [-0.3, -0.25) is 4.79 Å². The lowest BCUT2D eigenvalue weighted by atomic mass is 9.94. The summed E-state index contributed by atoms with van der Waals surface area (Å²) in [5, 5.41) is 0. The van der Waals surface area contributed by atoms with Crippen LogP contribution < -0.4 is 9.47 Å². The number of carbonyl (C=O) groups is 1. The molecule has 0 N–H and O–H groups in total. The average Bonchev–Trinajstić information content (AvgIpc) is 2.66. The van der Waals surface area contributed by atoms with E-state index in [1.54, 1.807) is 18.0 Å². The van der Waals surface area contributed by atoms with Crippen molar-refractivity contribution in [2.24, 2.45) is 0 Å². The minimum atomic E-state index is -3.54. The smallest absolute Gasteiger partial charge is 0.223 e. The van der Waals surface area contributed by atoms with Crippen molar-refractivity contribution in [3.05, 3.63) is 18.2 Å². The van der Waals surface area contributed by atoms with Crippen molar-refractivity contribution in [3.63, 3.8) is 0 Å². The predicted octanol–water partition coefficient (Wildman–Crippen LogP) is 2.41. The molecule has 1 aliphatic heterocycles. The highest BCUT2D eigenvalue weighted by Crippen LogP contribution is 2.32. The number of amides is 1. The molecule has 3 rings (SSSR count). The van der Waals surface area contributed by atoms with Gasteiger partial charge in [-0.1, -0.05) is 19.3 Å². The molecule has 1 aromatic rings. The summed E-state index contributed by atoms with van der Waals surface area (Å²) in [6, 6.07) is 4.85. The lowest BCUT2D eigenvalue weighted by molar-refractivity contribution is -0.132. The summed E-state index contributed by atoms with van der Waals surface area (Å²) in [7, 11) is -1.75. The first kappa shape index (κ1) is 18.0. The first-order valence-corrected chi connectivity index (χ1v) is 10.5. The van der Waals surface area contributed by atoms with Crippen LogP contribution in [0, 0.1) is 0 Å². The van der Waals surface area contributed by atoms with Gasteiger partial charge in [-0.05, 0) is 25.0 Å². The topological polar surface area (TPSA) is 72.9 Å². The molecule has 0 spiro atoms. The SMILES string of the molecule is CN(C(=O)CCS(=O)(=O)c1ccc2c(c1)OCCO2)C1CCCCC1. The van der Waals surface area contributed by atoms with Crippen molar-refractivity contribution < 1.29 is 22.7 Å². The number of benzene rings is 1. The van der Waals surface area contributed by atoms with Crippen LogP contribution in [0.15, 0.2) is 23.1 Å². The van der Waals surface area contributed by atoms with Crippen molar-refractivity contribution in [3.8, 4) is 11.5 Å². The second-order valence-electron chi connectivity index (χ2n) is 6.67. The third-order valence-corrected chi connectivity index (χ3v) is 6.69.